The highest BCUT2D eigenvalue weighted by atomic mass is 16.3. The van der Waals surface area contributed by atoms with Crippen molar-refractivity contribution in [2.24, 2.45) is 5.92 Å². The van der Waals surface area contributed by atoms with E-state index >= 15 is 0 Å². The Morgan fingerprint density at radius 3 is 2.69 bits per heavy atom. The molecule has 3 unspecified atom stereocenters. The smallest absolute Gasteiger partial charge is 0.225 e. The Labute approximate surface area is 98.0 Å². The summed E-state index contributed by atoms with van der Waals surface area (Å²) >= 11 is 0. The van der Waals surface area contributed by atoms with Crippen molar-refractivity contribution in [2.75, 3.05) is 20.6 Å². The van der Waals surface area contributed by atoms with Crippen LogP contribution in [0.5, 0.6) is 0 Å². The van der Waals surface area contributed by atoms with E-state index in [1.807, 2.05) is 21.0 Å². The lowest BCUT2D eigenvalue weighted by Gasteiger charge is -2.20. The summed E-state index contributed by atoms with van der Waals surface area (Å²) in [5.41, 5.74) is 0. The molecule has 0 aromatic rings. The Kier molecular flexibility index (Phi) is 5.22. The first-order valence-electron chi connectivity index (χ1n) is 6.14. The number of hydrogen-bond donors (Lipinski definition) is 2. The lowest BCUT2D eigenvalue weighted by atomic mass is 10.0. The average Bonchev–Trinajstić information content (AvgIpc) is 2.61. The number of aliphatic hydroxyl groups excluding tert-OH is 1. The van der Waals surface area contributed by atoms with E-state index in [0.29, 0.717) is 0 Å². The Hall–Kier alpha value is -0.610. The minimum atomic E-state index is -0.430. The second-order valence-corrected chi connectivity index (χ2v) is 5.11. The number of nitrogens with one attached hydrogen (secondary N) is 1. The number of carbonyl (C=O) groups excluding carboxylic acids is 1. The standard InChI is InChI=1S/C12H24N2O2/c1-9(7-8-14(2)3)13-12(16)10-5-4-6-11(10)15/h9-11,15H,4-8H2,1-3H3,(H,13,16). The van der Waals surface area contributed by atoms with Crippen LogP contribution in [0.2, 0.25) is 0 Å². The van der Waals surface area contributed by atoms with Crippen LogP contribution in [0, 0.1) is 5.92 Å². The third kappa shape index (κ3) is 4.10. The summed E-state index contributed by atoms with van der Waals surface area (Å²) in [6.07, 6.45) is 3.07. The van der Waals surface area contributed by atoms with Crippen LogP contribution in [0.1, 0.15) is 32.6 Å². The fourth-order valence-corrected chi connectivity index (χ4v) is 2.12. The number of carbonyl (C=O) groups is 1. The van der Waals surface area contributed by atoms with Crippen LogP contribution in [-0.4, -0.2) is 48.7 Å². The molecule has 0 saturated heterocycles. The summed E-state index contributed by atoms with van der Waals surface area (Å²) in [6.45, 7) is 2.98. The first kappa shape index (κ1) is 13.5. The Bertz CT molecular complexity index is 231. The highest BCUT2D eigenvalue weighted by Gasteiger charge is 2.31. The number of hydrogen-bond acceptors (Lipinski definition) is 3. The van der Waals surface area contributed by atoms with Gasteiger partial charge in [0.2, 0.25) is 5.91 Å². The zero-order chi connectivity index (χ0) is 12.1. The second kappa shape index (κ2) is 6.21. The fourth-order valence-electron chi connectivity index (χ4n) is 2.12. The molecule has 4 nitrogen and oxygen atoms in total. The van der Waals surface area contributed by atoms with Crippen LogP contribution in [0.25, 0.3) is 0 Å². The lowest BCUT2D eigenvalue weighted by molar-refractivity contribution is -0.128. The minimum Gasteiger partial charge on any atom is -0.392 e. The van der Waals surface area contributed by atoms with Crippen LogP contribution >= 0.6 is 0 Å². The van der Waals surface area contributed by atoms with Gasteiger partial charge in [-0.15, -0.1) is 0 Å². The molecule has 94 valence electrons. The van der Waals surface area contributed by atoms with Gasteiger partial charge in [-0.2, -0.15) is 0 Å². The molecule has 0 aromatic heterocycles. The van der Waals surface area contributed by atoms with E-state index in [2.05, 4.69) is 10.2 Å². The SMILES string of the molecule is CC(CCN(C)C)NC(=O)C1CCCC1O. The minimum absolute atomic E-state index is 0.0243. The number of aliphatic hydroxyl groups is 1. The molecule has 0 heterocycles. The maximum absolute atomic E-state index is 11.8. The Morgan fingerprint density at radius 2 is 2.19 bits per heavy atom. The molecule has 0 spiro atoms. The Balaban J connectivity index is 2.27. The molecule has 3 atom stereocenters. The van der Waals surface area contributed by atoms with E-state index in [1.165, 1.54) is 0 Å². The van der Waals surface area contributed by atoms with Crippen LogP contribution in [0.4, 0.5) is 0 Å². The molecule has 1 saturated carbocycles. The normalized spacial score (nSPS) is 27.1. The van der Waals surface area contributed by atoms with Crippen molar-refractivity contribution in [3.05, 3.63) is 0 Å². The van der Waals surface area contributed by atoms with Gasteiger partial charge in [-0.1, -0.05) is 0 Å². The van der Waals surface area contributed by atoms with Crippen molar-refractivity contribution in [2.45, 2.75) is 44.8 Å². The lowest BCUT2D eigenvalue weighted by Crippen LogP contribution is -2.40. The highest BCUT2D eigenvalue weighted by molar-refractivity contribution is 5.79. The van der Waals surface area contributed by atoms with E-state index in [4.69, 9.17) is 0 Å². The van der Waals surface area contributed by atoms with E-state index in [0.717, 1.165) is 32.2 Å². The third-order valence-corrected chi connectivity index (χ3v) is 3.21. The van der Waals surface area contributed by atoms with Crippen molar-refractivity contribution in [3.63, 3.8) is 0 Å². The van der Waals surface area contributed by atoms with Crippen molar-refractivity contribution in [1.29, 1.82) is 0 Å². The average molecular weight is 228 g/mol. The first-order valence-corrected chi connectivity index (χ1v) is 6.14. The largest absolute Gasteiger partial charge is 0.392 e. The molecule has 0 bridgehead atoms. The molecule has 1 aliphatic carbocycles. The van der Waals surface area contributed by atoms with Crippen LogP contribution in [-0.2, 0) is 4.79 Å². The topological polar surface area (TPSA) is 52.6 Å². The van der Waals surface area contributed by atoms with Gasteiger partial charge in [0.1, 0.15) is 0 Å². The molecule has 1 aliphatic rings. The molecule has 0 radical (unpaired) electrons. The summed E-state index contributed by atoms with van der Waals surface area (Å²) in [6, 6.07) is 0.183. The highest BCUT2D eigenvalue weighted by Crippen LogP contribution is 2.25. The summed E-state index contributed by atoms with van der Waals surface area (Å²) in [5.74, 6) is -0.155. The first-order chi connectivity index (χ1) is 7.50. The van der Waals surface area contributed by atoms with Gasteiger partial charge in [0.25, 0.3) is 0 Å². The van der Waals surface area contributed by atoms with Crippen molar-refractivity contribution >= 4 is 5.91 Å². The monoisotopic (exact) mass is 228 g/mol. The molecule has 2 N–H and O–H groups in total. The molecule has 1 amide bonds. The molecular formula is C12H24N2O2. The summed E-state index contributed by atoms with van der Waals surface area (Å²) < 4.78 is 0. The van der Waals surface area contributed by atoms with Gasteiger partial charge in [-0.05, 0) is 53.2 Å². The predicted octanol–water partition coefficient (Wildman–Crippen LogP) is 0.604. The van der Waals surface area contributed by atoms with Crippen LogP contribution in [0.3, 0.4) is 0 Å². The van der Waals surface area contributed by atoms with E-state index < -0.39 is 6.10 Å². The van der Waals surface area contributed by atoms with Gasteiger partial charge in [0, 0.05) is 6.04 Å². The zero-order valence-electron chi connectivity index (χ0n) is 10.6. The molecule has 0 aromatic carbocycles. The zero-order valence-corrected chi connectivity index (χ0v) is 10.6. The van der Waals surface area contributed by atoms with E-state index in [1.54, 1.807) is 0 Å². The maximum atomic E-state index is 11.8. The van der Waals surface area contributed by atoms with Gasteiger partial charge in [-0.3, -0.25) is 4.79 Å². The van der Waals surface area contributed by atoms with E-state index in [9.17, 15) is 9.90 Å². The maximum Gasteiger partial charge on any atom is 0.225 e. The summed E-state index contributed by atoms with van der Waals surface area (Å²) in [7, 11) is 4.05. The molecular weight excluding hydrogens is 204 g/mol. The van der Waals surface area contributed by atoms with Gasteiger partial charge in [0.05, 0.1) is 12.0 Å². The van der Waals surface area contributed by atoms with E-state index in [-0.39, 0.29) is 17.9 Å². The van der Waals surface area contributed by atoms with Crippen LogP contribution < -0.4 is 5.32 Å². The Morgan fingerprint density at radius 1 is 1.50 bits per heavy atom. The second-order valence-electron chi connectivity index (χ2n) is 5.11. The van der Waals surface area contributed by atoms with Gasteiger partial charge in [-0.25, -0.2) is 0 Å². The predicted molar refractivity (Wildman–Crippen MR) is 64.1 cm³/mol. The fraction of sp³-hybridized carbons (Fsp3) is 0.917. The quantitative estimate of drug-likeness (QED) is 0.724. The molecule has 16 heavy (non-hydrogen) atoms. The molecule has 4 heteroatoms. The number of nitrogens with zero attached hydrogens (tertiary/aromatic N) is 1. The number of amides is 1. The molecule has 1 fully saturated rings. The van der Waals surface area contributed by atoms with Crippen molar-refractivity contribution in [1.82, 2.24) is 10.2 Å². The molecule has 0 aliphatic heterocycles. The van der Waals surface area contributed by atoms with Gasteiger partial charge < -0.3 is 15.3 Å². The third-order valence-electron chi connectivity index (χ3n) is 3.21. The van der Waals surface area contributed by atoms with Crippen LogP contribution in [0.15, 0.2) is 0 Å². The summed E-state index contributed by atoms with van der Waals surface area (Å²) in [4.78, 5) is 13.9. The van der Waals surface area contributed by atoms with Gasteiger partial charge >= 0.3 is 0 Å². The molecule has 1 rings (SSSR count). The van der Waals surface area contributed by atoms with Crippen molar-refractivity contribution < 1.29 is 9.90 Å². The summed E-state index contributed by atoms with van der Waals surface area (Å²) in [5, 5.41) is 12.6. The van der Waals surface area contributed by atoms with Gasteiger partial charge in [0.15, 0.2) is 0 Å². The number of rotatable bonds is 5. The van der Waals surface area contributed by atoms with Crippen molar-refractivity contribution in [3.8, 4) is 0 Å².